The van der Waals surface area contributed by atoms with Gasteiger partial charge in [-0.1, -0.05) is 12.2 Å². The number of carbonyl (C=O) groups is 1. The Balaban J connectivity index is 1.96. The highest BCUT2D eigenvalue weighted by Crippen LogP contribution is 2.28. The van der Waals surface area contributed by atoms with Crippen LogP contribution in [0.4, 0.5) is 0 Å². The number of allylic oxidation sites excluding steroid dienone is 2. The third-order valence-electron chi connectivity index (χ3n) is 3.53. The third kappa shape index (κ3) is 4.25. The van der Waals surface area contributed by atoms with E-state index in [1.165, 1.54) is 0 Å². The Morgan fingerprint density at radius 2 is 2.14 bits per heavy atom. The highest BCUT2D eigenvalue weighted by Gasteiger charge is 2.15. The average Bonchev–Trinajstić information content (AvgIpc) is 2.54. The van der Waals surface area contributed by atoms with Crippen LogP contribution < -0.4 is 9.47 Å². The molecule has 4 nitrogen and oxygen atoms in total. The Labute approximate surface area is 125 Å². The van der Waals surface area contributed by atoms with Crippen molar-refractivity contribution in [2.75, 3.05) is 20.3 Å². The first kappa shape index (κ1) is 15.4. The van der Waals surface area contributed by atoms with Crippen LogP contribution in [0.2, 0.25) is 0 Å². The molecule has 1 atom stereocenters. The minimum absolute atomic E-state index is 0.314. The second kappa shape index (κ2) is 7.72. The molecule has 1 aromatic rings. The van der Waals surface area contributed by atoms with Crippen LogP contribution in [0.15, 0.2) is 30.4 Å². The quantitative estimate of drug-likeness (QED) is 0.593. The van der Waals surface area contributed by atoms with Crippen LogP contribution in [0.1, 0.15) is 36.5 Å². The van der Waals surface area contributed by atoms with E-state index in [4.69, 9.17) is 14.2 Å². The van der Waals surface area contributed by atoms with Gasteiger partial charge < -0.3 is 14.2 Å². The van der Waals surface area contributed by atoms with Gasteiger partial charge in [-0.2, -0.15) is 0 Å². The molecule has 0 saturated heterocycles. The van der Waals surface area contributed by atoms with E-state index < -0.39 is 0 Å². The molecule has 0 spiro atoms. The lowest BCUT2D eigenvalue weighted by Gasteiger charge is -2.17. The highest BCUT2D eigenvalue weighted by atomic mass is 16.5. The van der Waals surface area contributed by atoms with E-state index >= 15 is 0 Å². The van der Waals surface area contributed by atoms with Crippen LogP contribution in [0.5, 0.6) is 11.5 Å². The molecule has 1 aliphatic rings. The SMILES string of the molecule is CCOc1ccc(C(=O)OCC2CC=CCC2)cc1OC. The smallest absolute Gasteiger partial charge is 0.338 e. The number of methoxy groups -OCH3 is 1. The molecule has 2 rings (SSSR count). The van der Waals surface area contributed by atoms with Crippen molar-refractivity contribution in [2.45, 2.75) is 26.2 Å². The molecule has 0 radical (unpaired) electrons. The summed E-state index contributed by atoms with van der Waals surface area (Å²) in [5.74, 6) is 1.30. The van der Waals surface area contributed by atoms with Gasteiger partial charge in [0, 0.05) is 0 Å². The van der Waals surface area contributed by atoms with Gasteiger partial charge in [0.15, 0.2) is 11.5 Å². The molecular weight excluding hydrogens is 268 g/mol. The van der Waals surface area contributed by atoms with Crippen molar-refractivity contribution < 1.29 is 19.0 Å². The number of esters is 1. The van der Waals surface area contributed by atoms with E-state index in [-0.39, 0.29) is 5.97 Å². The van der Waals surface area contributed by atoms with Crippen LogP contribution in [0.3, 0.4) is 0 Å². The van der Waals surface area contributed by atoms with Gasteiger partial charge in [-0.05, 0) is 50.3 Å². The van der Waals surface area contributed by atoms with Crippen LogP contribution in [-0.2, 0) is 4.74 Å². The Hall–Kier alpha value is -1.97. The lowest BCUT2D eigenvalue weighted by molar-refractivity contribution is 0.0432. The minimum atomic E-state index is -0.314. The Morgan fingerprint density at radius 3 is 2.81 bits per heavy atom. The molecule has 0 aromatic heterocycles. The molecule has 1 aromatic carbocycles. The molecule has 0 N–H and O–H groups in total. The second-order valence-corrected chi connectivity index (χ2v) is 5.05. The van der Waals surface area contributed by atoms with Crippen molar-refractivity contribution >= 4 is 5.97 Å². The molecule has 1 unspecified atom stereocenters. The number of hydrogen-bond acceptors (Lipinski definition) is 4. The number of hydrogen-bond donors (Lipinski definition) is 0. The second-order valence-electron chi connectivity index (χ2n) is 5.05. The van der Waals surface area contributed by atoms with Gasteiger partial charge in [0.2, 0.25) is 0 Å². The van der Waals surface area contributed by atoms with Gasteiger partial charge in [-0.3, -0.25) is 0 Å². The van der Waals surface area contributed by atoms with Gasteiger partial charge >= 0.3 is 5.97 Å². The van der Waals surface area contributed by atoms with Crippen molar-refractivity contribution in [2.24, 2.45) is 5.92 Å². The molecule has 0 fully saturated rings. The summed E-state index contributed by atoms with van der Waals surface area (Å²) in [5, 5.41) is 0. The van der Waals surface area contributed by atoms with Crippen LogP contribution >= 0.6 is 0 Å². The first-order valence-corrected chi connectivity index (χ1v) is 7.37. The van der Waals surface area contributed by atoms with E-state index in [9.17, 15) is 4.79 Å². The molecule has 0 bridgehead atoms. The Morgan fingerprint density at radius 1 is 1.29 bits per heavy atom. The fraction of sp³-hybridized carbons (Fsp3) is 0.471. The summed E-state index contributed by atoms with van der Waals surface area (Å²) in [6.07, 6.45) is 7.47. The topological polar surface area (TPSA) is 44.8 Å². The van der Waals surface area contributed by atoms with Gasteiger partial charge in [0.1, 0.15) is 0 Å². The molecule has 0 aliphatic heterocycles. The molecule has 0 saturated carbocycles. The van der Waals surface area contributed by atoms with Crippen LogP contribution in [0.25, 0.3) is 0 Å². The first-order valence-electron chi connectivity index (χ1n) is 7.37. The van der Waals surface area contributed by atoms with Crippen LogP contribution in [-0.4, -0.2) is 26.3 Å². The van der Waals surface area contributed by atoms with Crippen molar-refractivity contribution in [3.63, 3.8) is 0 Å². The Kier molecular flexibility index (Phi) is 5.67. The third-order valence-corrected chi connectivity index (χ3v) is 3.53. The van der Waals surface area contributed by atoms with E-state index in [0.29, 0.717) is 36.2 Å². The van der Waals surface area contributed by atoms with Crippen molar-refractivity contribution in [3.8, 4) is 11.5 Å². The van der Waals surface area contributed by atoms with Gasteiger partial charge in [-0.15, -0.1) is 0 Å². The normalized spacial score (nSPS) is 17.3. The lowest BCUT2D eigenvalue weighted by atomic mass is 9.95. The highest BCUT2D eigenvalue weighted by molar-refractivity contribution is 5.90. The standard InChI is InChI=1S/C17H22O4/c1-3-20-15-10-9-14(11-16(15)19-2)17(18)21-12-13-7-5-4-6-8-13/h4-5,9-11,13H,3,6-8,12H2,1-2H3. The monoisotopic (exact) mass is 290 g/mol. The fourth-order valence-electron chi connectivity index (χ4n) is 2.35. The predicted molar refractivity (Wildman–Crippen MR) is 80.9 cm³/mol. The zero-order valence-electron chi connectivity index (χ0n) is 12.6. The molecule has 4 heteroatoms. The summed E-state index contributed by atoms with van der Waals surface area (Å²) < 4.78 is 16.1. The van der Waals surface area contributed by atoms with E-state index in [0.717, 1.165) is 19.3 Å². The van der Waals surface area contributed by atoms with Crippen molar-refractivity contribution in [1.29, 1.82) is 0 Å². The molecule has 21 heavy (non-hydrogen) atoms. The average molecular weight is 290 g/mol. The molecule has 1 aliphatic carbocycles. The summed E-state index contributed by atoms with van der Waals surface area (Å²) in [7, 11) is 1.56. The molecule has 114 valence electrons. The minimum Gasteiger partial charge on any atom is -0.493 e. The fourth-order valence-corrected chi connectivity index (χ4v) is 2.35. The van der Waals surface area contributed by atoms with Crippen LogP contribution in [0, 0.1) is 5.92 Å². The van der Waals surface area contributed by atoms with E-state index in [1.807, 2.05) is 6.92 Å². The van der Waals surface area contributed by atoms with E-state index in [1.54, 1.807) is 25.3 Å². The van der Waals surface area contributed by atoms with Crippen molar-refractivity contribution in [1.82, 2.24) is 0 Å². The lowest BCUT2D eigenvalue weighted by Crippen LogP contribution is -2.15. The summed E-state index contributed by atoms with van der Waals surface area (Å²) in [6, 6.07) is 5.10. The maximum Gasteiger partial charge on any atom is 0.338 e. The zero-order valence-corrected chi connectivity index (χ0v) is 12.6. The van der Waals surface area contributed by atoms with Gasteiger partial charge in [-0.25, -0.2) is 4.79 Å². The largest absolute Gasteiger partial charge is 0.493 e. The number of rotatable bonds is 6. The van der Waals surface area contributed by atoms with Crippen molar-refractivity contribution in [3.05, 3.63) is 35.9 Å². The Bertz CT molecular complexity index is 508. The maximum absolute atomic E-state index is 12.1. The predicted octanol–water partition coefficient (Wildman–Crippen LogP) is 3.61. The maximum atomic E-state index is 12.1. The number of benzene rings is 1. The molecule has 0 heterocycles. The summed E-state index contributed by atoms with van der Waals surface area (Å²) >= 11 is 0. The first-order chi connectivity index (χ1) is 10.2. The zero-order chi connectivity index (χ0) is 15.1. The molecular formula is C17H22O4. The van der Waals surface area contributed by atoms with E-state index in [2.05, 4.69) is 12.2 Å². The number of ether oxygens (including phenoxy) is 3. The summed E-state index contributed by atoms with van der Waals surface area (Å²) in [5.41, 5.74) is 0.488. The van der Waals surface area contributed by atoms with Gasteiger partial charge in [0.05, 0.1) is 25.9 Å². The van der Waals surface area contributed by atoms with Gasteiger partial charge in [0.25, 0.3) is 0 Å². The summed E-state index contributed by atoms with van der Waals surface area (Å²) in [6.45, 7) is 2.92. The summed E-state index contributed by atoms with van der Waals surface area (Å²) in [4.78, 5) is 12.1. The number of carbonyl (C=O) groups excluding carboxylic acids is 1. The molecule has 0 amide bonds.